The number of nitrogens with zero attached hydrogens (tertiary/aromatic N) is 1. The zero-order valence-electron chi connectivity index (χ0n) is 12.8. The highest BCUT2D eigenvalue weighted by Gasteiger charge is 2.45. The Morgan fingerprint density at radius 1 is 1.24 bits per heavy atom. The van der Waals surface area contributed by atoms with Crippen molar-refractivity contribution in [3.8, 4) is 0 Å². The molecule has 0 fully saturated rings. The van der Waals surface area contributed by atoms with Crippen LogP contribution >= 0.6 is 0 Å². The Balaban J connectivity index is 2.78. The Morgan fingerprint density at radius 3 is 2.24 bits per heavy atom. The second kappa shape index (κ2) is 6.11. The monoisotopic (exact) mass is 314 g/mol. The van der Waals surface area contributed by atoms with Gasteiger partial charge in [0, 0.05) is 17.9 Å². The normalized spacial score (nSPS) is 13.1. The van der Waals surface area contributed by atoms with Crippen molar-refractivity contribution < 1.29 is 18.3 Å². The van der Waals surface area contributed by atoms with Crippen LogP contribution in [0.2, 0.25) is 0 Å². The molecule has 7 heteroatoms. The molecule has 21 heavy (non-hydrogen) atoms. The van der Waals surface area contributed by atoms with Crippen LogP contribution in [0.15, 0.2) is 24.5 Å². The molecule has 0 saturated heterocycles. The third-order valence-corrected chi connectivity index (χ3v) is 5.48. The lowest BCUT2D eigenvalue weighted by Crippen LogP contribution is -2.57. The highest BCUT2D eigenvalue weighted by atomic mass is 32.2. The number of carbonyl (C=O) groups is 1. The van der Waals surface area contributed by atoms with Crippen LogP contribution in [0.5, 0.6) is 0 Å². The van der Waals surface area contributed by atoms with Crippen molar-refractivity contribution in [2.24, 2.45) is 5.41 Å². The maximum Gasteiger partial charge on any atom is 0.310 e. The van der Waals surface area contributed by atoms with Crippen LogP contribution in [-0.4, -0.2) is 35.8 Å². The minimum Gasteiger partial charge on any atom is -0.481 e. The standard InChI is InChI=1S/C14H22N2O4S/c1-13(2,12(17)18)14(3,4)16-21(19,20)10-7-11-5-8-15-9-6-11/h5-6,8-9,16H,7,10H2,1-4H3,(H,17,18). The number of sulfonamides is 1. The van der Waals surface area contributed by atoms with Gasteiger partial charge in [0.2, 0.25) is 10.0 Å². The molecule has 0 saturated carbocycles. The van der Waals surface area contributed by atoms with E-state index in [2.05, 4.69) is 9.71 Å². The minimum atomic E-state index is -3.59. The van der Waals surface area contributed by atoms with Crippen molar-refractivity contribution in [2.45, 2.75) is 39.7 Å². The Bertz CT molecular complexity index is 595. The van der Waals surface area contributed by atoms with Crippen LogP contribution < -0.4 is 4.72 Å². The molecule has 0 spiro atoms. The Labute approximate surface area is 125 Å². The average Bonchev–Trinajstić information content (AvgIpc) is 2.36. The van der Waals surface area contributed by atoms with E-state index in [0.717, 1.165) is 5.56 Å². The van der Waals surface area contributed by atoms with Gasteiger partial charge in [-0.1, -0.05) is 0 Å². The number of aromatic nitrogens is 1. The Hall–Kier alpha value is -1.47. The first kappa shape index (κ1) is 17.6. The summed E-state index contributed by atoms with van der Waals surface area (Å²) in [5.74, 6) is -1.15. The van der Waals surface area contributed by atoms with Crippen molar-refractivity contribution >= 4 is 16.0 Å². The molecule has 0 unspecified atom stereocenters. The summed E-state index contributed by atoms with van der Waals surface area (Å²) in [7, 11) is -3.59. The molecular weight excluding hydrogens is 292 g/mol. The second-order valence-corrected chi connectivity index (χ2v) is 7.92. The average molecular weight is 314 g/mol. The van der Waals surface area contributed by atoms with E-state index in [1.807, 2.05) is 0 Å². The Morgan fingerprint density at radius 2 is 1.76 bits per heavy atom. The van der Waals surface area contributed by atoms with Gasteiger partial charge in [-0.25, -0.2) is 13.1 Å². The van der Waals surface area contributed by atoms with E-state index in [-0.39, 0.29) is 5.75 Å². The third kappa shape index (κ3) is 4.50. The number of rotatable bonds is 7. The van der Waals surface area contributed by atoms with Gasteiger partial charge in [0.25, 0.3) is 0 Å². The molecule has 0 radical (unpaired) electrons. The van der Waals surface area contributed by atoms with Crippen LogP contribution in [-0.2, 0) is 21.2 Å². The number of hydrogen-bond donors (Lipinski definition) is 2. The number of nitrogens with one attached hydrogen (secondary N) is 1. The Kier molecular flexibility index (Phi) is 5.11. The van der Waals surface area contributed by atoms with Gasteiger partial charge in [-0.05, 0) is 51.8 Å². The predicted octanol–water partition coefficient (Wildman–Crippen LogP) is 1.43. The summed E-state index contributed by atoms with van der Waals surface area (Å²) < 4.78 is 26.8. The van der Waals surface area contributed by atoms with Gasteiger partial charge in [-0.15, -0.1) is 0 Å². The molecule has 6 nitrogen and oxygen atoms in total. The van der Waals surface area contributed by atoms with Gasteiger partial charge in [0.15, 0.2) is 0 Å². The van der Waals surface area contributed by atoms with Crippen molar-refractivity contribution in [3.05, 3.63) is 30.1 Å². The van der Waals surface area contributed by atoms with Gasteiger partial charge in [0.1, 0.15) is 0 Å². The maximum absolute atomic E-state index is 12.2. The first-order valence-electron chi connectivity index (χ1n) is 6.62. The van der Waals surface area contributed by atoms with E-state index in [1.54, 1.807) is 38.4 Å². The summed E-state index contributed by atoms with van der Waals surface area (Å²) in [6, 6.07) is 3.50. The van der Waals surface area contributed by atoms with Gasteiger partial charge < -0.3 is 5.11 Å². The van der Waals surface area contributed by atoms with Crippen molar-refractivity contribution in [2.75, 3.05) is 5.75 Å². The fraction of sp³-hybridized carbons (Fsp3) is 0.571. The van der Waals surface area contributed by atoms with Crippen molar-refractivity contribution in [1.82, 2.24) is 9.71 Å². The summed E-state index contributed by atoms with van der Waals surface area (Å²) in [6.07, 6.45) is 3.56. The molecule has 0 amide bonds. The van der Waals surface area contributed by atoms with Gasteiger partial charge >= 0.3 is 5.97 Å². The lowest BCUT2D eigenvalue weighted by atomic mass is 9.75. The molecule has 0 aliphatic carbocycles. The molecular formula is C14H22N2O4S. The van der Waals surface area contributed by atoms with Crippen LogP contribution in [0.3, 0.4) is 0 Å². The second-order valence-electron chi connectivity index (χ2n) is 6.08. The number of hydrogen-bond acceptors (Lipinski definition) is 4. The molecule has 0 aliphatic rings. The highest BCUT2D eigenvalue weighted by molar-refractivity contribution is 7.89. The molecule has 0 aromatic carbocycles. The molecule has 0 aliphatic heterocycles. The number of aliphatic carboxylic acids is 1. The van der Waals surface area contributed by atoms with Crippen LogP contribution in [0, 0.1) is 5.41 Å². The van der Waals surface area contributed by atoms with Crippen molar-refractivity contribution in [3.63, 3.8) is 0 Å². The molecule has 1 aromatic rings. The van der Waals surface area contributed by atoms with E-state index in [9.17, 15) is 18.3 Å². The lowest BCUT2D eigenvalue weighted by Gasteiger charge is -2.38. The van der Waals surface area contributed by atoms with Crippen LogP contribution in [0.4, 0.5) is 0 Å². The van der Waals surface area contributed by atoms with E-state index >= 15 is 0 Å². The minimum absolute atomic E-state index is 0.101. The summed E-state index contributed by atoms with van der Waals surface area (Å²) >= 11 is 0. The molecule has 1 heterocycles. The lowest BCUT2D eigenvalue weighted by molar-refractivity contribution is -0.150. The number of carboxylic acids is 1. The molecule has 2 N–H and O–H groups in total. The van der Waals surface area contributed by atoms with E-state index in [0.29, 0.717) is 6.42 Å². The zero-order chi connectivity index (χ0) is 16.3. The van der Waals surface area contributed by atoms with E-state index < -0.39 is 26.9 Å². The van der Waals surface area contributed by atoms with Gasteiger partial charge in [0.05, 0.1) is 11.2 Å². The summed E-state index contributed by atoms with van der Waals surface area (Å²) in [4.78, 5) is 15.2. The van der Waals surface area contributed by atoms with Gasteiger partial charge in [-0.2, -0.15) is 0 Å². The quantitative estimate of drug-likeness (QED) is 0.793. The molecule has 1 rings (SSSR count). The number of aryl methyl sites for hydroxylation is 1. The summed E-state index contributed by atoms with van der Waals surface area (Å²) in [6.45, 7) is 6.15. The fourth-order valence-electron chi connectivity index (χ4n) is 1.64. The first-order valence-corrected chi connectivity index (χ1v) is 8.27. The smallest absolute Gasteiger partial charge is 0.310 e. The molecule has 0 atom stereocenters. The summed E-state index contributed by atoms with van der Waals surface area (Å²) in [5, 5.41) is 9.24. The highest BCUT2D eigenvalue weighted by Crippen LogP contribution is 2.31. The maximum atomic E-state index is 12.2. The SMILES string of the molecule is CC(C)(NS(=O)(=O)CCc1ccncc1)C(C)(C)C(=O)O. The first-order chi connectivity index (χ1) is 9.48. The van der Waals surface area contributed by atoms with Gasteiger partial charge in [-0.3, -0.25) is 9.78 Å². The number of pyridine rings is 1. The van der Waals surface area contributed by atoms with Crippen molar-refractivity contribution in [1.29, 1.82) is 0 Å². The zero-order valence-corrected chi connectivity index (χ0v) is 13.6. The van der Waals surface area contributed by atoms with Crippen LogP contribution in [0.1, 0.15) is 33.3 Å². The number of carboxylic acid groups (broad SMARTS) is 1. The predicted molar refractivity (Wildman–Crippen MR) is 80.4 cm³/mol. The molecule has 118 valence electrons. The summed E-state index contributed by atoms with van der Waals surface area (Å²) in [5.41, 5.74) is -1.46. The van der Waals surface area contributed by atoms with E-state index in [4.69, 9.17) is 0 Å². The largest absolute Gasteiger partial charge is 0.481 e. The molecule has 1 aromatic heterocycles. The fourth-order valence-corrected chi connectivity index (χ4v) is 3.28. The third-order valence-electron chi connectivity index (χ3n) is 3.92. The van der Waals surface area contributed by atoms with E-state index in [1.165, 1.54) is 13.8 Å². The molecule has 0 bridgehead atoms. The topological polar surface area (TPSA) is 96.4 Å². The van der Waals surface area contributed by atoms with Crippen LogP contribution in [0.25, 0.3) is 0 Å².